The van der Waals surface area contributed by atoms with Gasteiger partial charge in [0.1, 0.15) is 5.75 Å². The summed E-state index contributed by atoms with van der Waals surface area (Å²) in [7, 11) is 1.53. The first-order chi connectivity index (χ1) is 5.93. The van der Waals surface area contributed by atoms with Crippen LogP contribution in [0, 0.1) is 13.8 Å². The van der Waals surface area contributed by atoms with E-state index in [1.54, 1.807) is 18.2 Å². The molecule has 10 heavy (non-hydrogen) atoms. The lowest BCUT2D eigenvalue weighted by Crippen LogP contribution is -1.84. The summed E-state index contributed by atoms with van der Waals surface area (Å²) in [4.78, 5) is 0. The molecule has 0 aromatic heterocycles. The molecule has 0 heterocycles. The molecule has 0 amide bonds. The Hall–Kier alpha value is -0.980. The Labute approximate surface area is 65.9 Å². The first-order valence-electron chi connectivity index (χ1n) is 4.59. The van der Waals surface area contributed by atoms with E-state index in [0.29, 0.717) is 11.3 Å². The van der Waals surface area contributed by atoms with Crippen molar-refractivity contribution < 1.29 is 8.85 Å². The van der Waals surface area contributed by atoms with E-state index >= 15 is 0 Å². The summed E-state index contributed by atoms with van der Waals surface area (Å²) in [6.45, 7) is -0.211. The van der Waals surface area contributed by atoms with Gasteiger partial charge in [-0.1, -0.05) is 6.07 Å². The van der Waals surface area contributed by atoms with Gasteiger partial charge in [-0.3, -0.25) is 0 Å². The Kier molecular flexibility index (Phi) is 1.10. The molecular formula is C9H12O. The molecule has 0 saturated carbocycles. The van der Waals surface area contributed by atoms with Crippen LogP contribution in [0.3, 0.4) is 0 Å². The first kappa shape index (κ1) is 4.02. The summed E-state index contributed by atoms with van der Waals surface area (Å²) in [5, 5.41) is 0. The van der Waals surface area contributed by atoms with Crippen LogP contribution in [0.1, 0.15) is 15.2 Å². The molecule has 0 spiro atoms. The summed E-state index contributed by atoms with van der Waals surface area (Å²) in [6, 6.07) is 4.99. The van der Waals surface area contributed by atoms with Gasteiger partial charge in [0.05, 0.1) is 7.11 Å². The van der Waals surface area contributed by atoms with Crippen molar-refractivity contribution in [3.63, 3.8) is 0 Å². The van der Waals surface area contributed by atoms with Crippen molar-refractivity contribution in [1.82, 2.24) is 0 Å². The van der Waals surface area contributed by atoms with Gasteiger partial charge in [0.15, 0.2) is 0 Å². The third kappa shape index (κ3) is 1.50. The second-order valence-corrected chi connectivity index (χ2v) is 2.24. The zero-order valence-electron chi connectivity index (χ0n) is 9.14. The molecule has 1 aromatic carbocycles. The molecule has 0 saturated heterocycles. The number of ether oxygens (including phenoxy) is 1. The fraction of sp³-hybridized carbons (Fsp3) is 0.333. The molecule has 54 valence electrons. The first-order valence-corrected chi connectivity index (χ1v) is 3.09. The lowest BCUT2D eigenvalue weighted by atomic mass is 10.1. The van der Waals surface area contributed by atoms with Crippen LogP contribution in [0.2, 0.25) is 0 Å². The van der Waals surface area contributed by atoms with Crippen molar-refractivity contribution in [1.29, 1.82) is 0 Å². The Balaban J connectivity index is 3.16. The van der Waals surface area contributed by atoms with Gasteiger partial charge >= 0.3 is 0 Å². The lowest BCUT2D eigenvalue weighted by molar-refractivity contribution is 0.414. The van der Waals surface area contributed by atoms with Crippen molar-refractivity contribution in [3.8, 4) is 5.75 Å². The number of benzene rings is 1. The van der Waals surface area contributed by atoms with Crippen molar-refractivity contribution >= 4 is 0 Å². The van der Waals surface area contributed by atoms with E-state index in [1.807, 2.05) is 6.92 Å². The zero-order chi connectivity index (χ0) is 10.1. The maximum atomic E-state index is 7.22. The molecule has 0 aliphatic heterocycles. The average molecular weight is 139 g/mol. The summed E-state index contributed by atoms with van der Waals surface area (Å²) >= 11 is 0. The number of aryl methyl sites for hydroxylation is 2. The molecule has 0 aliphatic rings. The van der Waals surface area contributed by atoms with Crippen molar-refractivity contribution in [3.05, 3.63) is 29.3 Å². The van der Waals surface area contributed by atoms with E-state index in [1.165, 1.54) is 7.11 Å². The highest BCUT2D eigenvalue weighted by atomic mass is 16.5. The Bertz CT molecular complexity index is 304. The number of methoxy groups -OCH3 is 1. The molecule has 1 rings (SSSR count). The largest absolute Gasteiger partial charge is 0.497 e. The van der Waals surface area contributed by atoms with Gasteiger partial charge in [-0.15, -0.1) is 0 Å². The maximum Gasteiger partial charge on any atom is 0.119 e. The van der Waals surface area contributed by atoms with Gasteiger partial charge in [-0.25, -0.2) is 0 Å². The standard InChI is InChI=1S/C9H12O/c1-7-4-8(2)6-9(5-7)10-3/h4-6H,1-3H3/i1D3. The molecule has 0 N–H and O–H groups in total. The molecular weight excluding hydrogens is 124 g/mol. The van der Waals surface area contributed by atoms with Gasteiger partial charge in [-0.05, 0) is 37.0 Å². The van der Waals surface area contributed by atoms with Crippen molar-refractivity contribution in [2.45, 2.75) is 13.8 Å². The molecule has 0 radical (unpaired) electrons. The van der Waals surface area contributed by atoms with Crippen molar-refractivity contribution in [2.24, 2.45) is 0 Å². The van der Waals surface area contributed by atoms with Crippen LogP contribution in [0.15, 0.2) is 18.2 Å². The average Bonchev–Trinajstić information content (AvgIpc) is 2.01. The normalized spacial score (nSPS) is 15.2. The molecule has 0 atom stereocenters. The maximum absolute atomic E-state index is 7.22. The highest BCUT2D eigenvalue weighted by Gasteiger charge is 1.92. The molecule has 0 fully saturated rings. The second-order valence-electron chi connectivity index (χ2n) is 2.24. The van der Waals surface area contributed by atoms with Crippen LogP contribution in [0.5, 0.6) is 5.75 Å². The molecule has 1 nitrogen and oxygen atoms in total. The third-order valence-electron chi connectivity index (χ3n) is 1.29. The zero-order valence-corrected chi connectivity index (χ0v) is 6.14. The minimum atomic E-state index is -2.06. The monoisotopic (exact) mass is 139 g/mol. The van der Waals surface area contributed by atoms with E-state index in [4.69, 9.17) is 8.85 Å². The van der Waals surface area contributed by atoms with Crippen LogP contribution < -0.4 is 4.74 Å². The van der Waals surface area contributed by atoms with Gasteiger partial charge < -0.3 is 4.74 Å². The number of hydrogen-bond acceptors (Lipinski definition) is 1. The molecule has 1 aromatic rings. The van der Waals surface area contributed by atoms with E-state index < -0.39 is 6.85 Å². The predicted octanol–water partition coefficient (Wildman–Crippen LogP) is 2.31. The highest BCUT2D eigenvalue weighted by molar-refractivity contribution is 5.32. The van der Waals surface area contributed by atoms with Gasteiger partial charge in [0.25, 0.3) is 0 Å². The summed E-state index contributed by atoms with van der Waals surface area (Å²) in [5.41, 5.74) is 1.22. The van der Waals surface area contributed by atoms with E-state index in [0.717, 1.165) is 5.56 Å². The minimum absolute atomic E-state index is 0.323. The van der Waals surface area contributed by atoms with E-state index in [-0.39, 0.29) is 0 Å². The predicted molar refractivity (Wildman–Crippen MR) is 42.5 cm³/mol. The third-order valence-corrected chi connectivity index (χ3v) is 1.29. The Morgan fingerprint density at radius 1 is 1.30 bits per heavy atom. The van der Waals surface area contributed by atoms with Crippen LogP contribution >= 0.6 is 0 Å². The molecule has 1 heteroatoms. The Morgan fingerprint density at radius 3 is 2.60 bits per heavy atom. The second kappa shape index (κ2) is 2.74. The van der Waals surface area contributed by atoms with E-state index in [2.05, 4.69) is 0 Å². The fourth-order valence-electron chi connectivity index (χ4n) is 0.866. The number of hydrogen-bond donors (Lipinski definition) is 0. The quantitative estimate of drug-likeness (QED) is 0.580. The van der Waals surface area contributed by atoms with Crippen LogP contribution in [-0.4, -0.2) is 7.11 Å². The minimum Gasteiger partial charge on any atom is -0.497 e. The van der Waals surface area contributed by atoms with E-state index in [9.17, 15) is 0 Å². The molecule has 0 bridgehead atoms. The molecule has 0 unspecified atom stereocenters. The highest BCUT2D eigenvalue weighted by Crippen LogP contribution is 2.14. The summed E-state index contributed by atoms with van der Waals surface area (Å²) < 4.78 is 26.6. The topological polar surface area (TPSA) is 9.23 Å². The van der Waals surface area contributed by atoms with Crippen LogP contribution in [-0.2, 0) is 0 Å². The van der Waals surface area contributed by atoms with Gasteiger partial charge in [-0.2, -0.15) is 0 Å². The summed E-state index contributed by atoms with van der Waals surface area (Å²) in [5.74, 6) is 0.589. The van der Waals surface area contributed by atoms with Gasteiger partial charge in [0, 0.05) is 4.11 Å². The fourth-order valence-corrected chi connectivity index (χ4v) is 0.866. The molecule has 0 aliphatic carbocycles. The van der Waals surface area contributed by atoms with Crippen LogP contribution in [0.4, 0.5) is 0 Å². The summed E-state index contributed by atoms with van der Waals surface area (Å²) in [6.07, 6.45) is 0. The SMILES string of the molecule is [2H]C([2H])([2H])c1cc(C)cc(OC)c1. The Morgan fingerprint density at radius 2 is 2.00 bits per heavy atom. The smallest absolute Gasteiger partial charge is 0.119 e. The lowest BCUT2D eigenvalue weighted by Gasteiger charge is -2.01. The number of rotatable bonds is 1. The van der Waals surface area contributed by atoms with Crippen molar-refractivity contribution in [2.75, 3.05) is 7.11 Å². The van der Waals surface area contributed by atoms with Crippen LogP contribution in [0.25, 0.3) is 0 Å². The van der Waals surface area contributed by atoms with Gasteiger partial charge in [0.2, 0.25) is 0 Å².